The van der Waals surface area contributed by atoms with E-state index < -0.39 is 5.82 Å². The predicted octanol–water partition coefficient (Wildman–Crippen LogP) is 3.53. The normalized spacial score (nSPS) is 10.9. The fourth-order valence-corrected chi connectivity index (χ4v) is 1.38. The summed E-state index contributed by atoms with van der Waals surface area (Å²) in [6.07, 6.45) is 0. The fourth-order valence-electron chi connectivity index (χ4n) is 1.17. The van der Waals surface area contributed by atoms with Gasteiger partial charge in [-0.15, -0.1) is 0 Å². The first-order valence-corrected chi connectivity index (χ1v) is 3.90. The van der Waals surface area contributed by atoms with E-state index in [2.05, 4.69) is 0 Å². The molecule has 0 saturated heterocycles. The molecule has 0 spiro atoms. The van der Waals surface area contributed by atoms with Crippen molar-refractivity contribution in [3.63, 3.8) is 0 Å². The van der Waals surface area contributed by atoms with E-state index in [0.717, 1.165) is 11.1 Å². The molecule has 0 saturated carbocycles. The van der Waals surface area contributed by atoms with Crippen LogP contribution in [0.25, 0.3) is 11.0 Å². The topological polar surface area (TPSA) is 13.1 Å². The molecule has 0 aliphatic carbocycles. The number of furan rings is 1. The van der Waals surface area contributed by atoms with Crippen LogP contribution in [-0.2, 0) is 0 Å². The summed E-state index contributed by atoms with van der Waals surface area (Å²) in [4.78, 5) is 0. The molecule has 1 aromatic heterocycles. The molecule has 2 rings (SSSR count). The summed E-state index contributed by atoms with van der Waals surface area (Å²) in [5.74, 6) is 0.288. The predicted molar refractivity (Wildman–Crippen MR) is 45.9 cm³/mol. The molecule has 62 valence electrons. The van der Waals surface area contributed by atoms with Crippen LogP contribution in [-0.4, -0.2) is 0 Å². The first-order chi connectivity index (χ1) is 5.68. The molecule has 0 unspecified atom stereocenters. The van der Waals surface area contributed by atoms with Crippen molar-refractivity contribution in [1.82, 2.24) is 0 Å². The van der Waals surface area contributed by atoms with Gasteiger partial charge >= 0.3 is 0 Å². The summed E-state index contributed by atoms with van der Waals surface area (Å²) in [7, 11) is 0. The summed E-state index contributed by atoms with van der Waals surface area (Å²) < 4.78 is 18.1. The summed E-state index contributed by atoms with van der Waals surface area (Å²) in [6.45, 7) is 1.80. The van der Waals surface area contributed by atoms with Gasteiger partial charge in [-0.2, -0.15) is 0 Å². The van der Waals surface area contributed by atoms with E-state index in [1.165, 1.54) is 6.07 Å². The maximum atomic E-state index is 12.9. The highest BCUT2D eigenvalue weighted by Gasteiger charge is 2.08. The van der Waals surface area contributed by atoms with Crippen LogP contribution in [0.2, 0.25) is 5.02 Å². The highest BCUT2D eigenvalue weighted by Crippen LogP contribution is 2.28. The van der Waals surface area contributed by atoms with Gasteiger partial charge in [-0.05, 0) is 25.1 Å². The smallest absolute Gasteiger partial charge is 0.155 e. The third-order valence-electron chi connectivity index (χ3n) is 1.70. The number of aryl methyl sites for hydroxylation is 1. The number of benzene rings is 1. The Kier molecular flexibility index (Phi) is 1.58. The van der Waals surface area contributed by atoms with Gasteiger partial charge in [0.15, 0.2) is 5.58 Å². The minimum absolute atomic E-state index is 0.0561. The van der Waals surface area contributed by atoms with Crippen LogP contribution in [0.15, 0.2) is 22.6 Å². The number of hydrogen-bond acceptors (Lipinski definition) is 1. The van der Waals surface area contributed by atoms with Gasteiger partial charge in [0.25, 0.3) is 0 Å². The van der Waals surface area contributed by atoms with E-state index in [0.29, 0.717) is 5.58 Å². The molecule has 0 atom stereocenters. The zero-order valence-corrected chi connectivity index (χ0v) is 7.15. The largest absolute Gasteiger partial charge is 0.460 e. The van der Waals surface area contributed by atoms with Crippen LogP contribution in [0, 0.1) is 12.7 Å². The number of rotatable bonds is 0. The van der Waals surface area contributed by atoms with E-state index in [4.69, 9.17) is 16.0 Å². The molecule has 3 heteroatoms. The first kappa shape index (κ1) is 7.62. The SMILES string of the molecule is Cc1cc2ccc(F)c(Cl)c2o1. The standard InChI is InChI=1S/C9H6ClFO/c1-5-4-6-2-3-7(11)8(10)9(6)12-5/h2-4H,1H3. The molecule has 1 nitrogen and oxygen atoms in total. The van der Waals surface area contributed by atoms with Crippen LogP contribution in [0.5, 0.6) is 0 Å². The van der Waals surface area contributed by atoms with Crippen molar-refractivity contribution >= 4 is 22.6 Å². The lowest BCUT2D eigenvalue weighted by atomic mass is 10.2. The molecular weight excluding hydrogens is 179 g/mol. The molecule has 0 amide bonds. The number of hydrogen-bond donors (Lipinski definition) is 0. The number of halogens is 2. The third kappa shape index (κ3) is 0.994. The molecule has 0 fully saturated rings. The van der Waals surface area contributed by atoms with Crippen molar-refractivity contribution < 1.29 is 8.81 Å². The second kappa shape index (κ2) is 2.49. The van der Waals surface area contributed by atoms with Gasteiger partial charge in [-0.25, -0.2) is 4.39 Å². The molecule has 0 bridgehead atoms. The van der Waals surface area contributed by atoms with E-state index >= 15 is 0 Å². The Balaban J connectivity index is 2.89. The monoisotopic (exact) mass is 184 g/mol. The van der Waals surface area contributed by atoms with Gasteiger partial charge in [0.05, 0.1) is 0 Å². The highest BCUT2D eigenvalue weighted by molar-refractivity contribution is 6.34. The lowest BCUT2D eigenvalue weighted by Crippen LogP contribution is -1.74. The molecular formula is C9H6ClFO. The summed E-state index contributed by atoms with van der Waals surface area (Å²) >= 11 is 5.67. The maximum Gasteiger partial charge on any atom is 0.155 e. The van der Waals surface area contributed by atoms with Gasteiger partial charge < -0.3 is 4.42 Å². The summed E-state index contributed by atoms with van der Waals surface area (Å²) in [5, 5.41) is 0.888. The zero-order chi connectivity index (χ0) is 8.72. The Hall–Kier alpha value is -1.02. The molecule has 0 N–H and O–H groups in total. The average Bonchev–Trinajstić information content (AvgIpc) is 2.39. The van der Waals surface area contributed by atoms with Crippen molar-refractivity contribution in [2.24, 2.45) is 0 Å². The molecule has 12 heavy (non-hydrogen) atoms. The van der Waals surface area contributed by atoms with Crippen molar-refractivity contribution in [3.8, 4) is 0 Å². The molecule has 1 heterocycles. The van der Waals surface area contributed by atoms with E-state index in [1.807, 2.05) is 6.07 Å². The Bertz CT molecular complexity index is 433. The van der Waals surface area contributed by atoms with Crippen LogP contribution in [0.1, 0.15) is 5.76 Å². The van der Waals surface area contributed by atoms with Crippen molar-refractivity contribution in [2.45, 2.75) is 6.92 Å². The highest BCUT2D eigenvalue weighted by atomic mass is 35.5. The van der Waals surface area contributed by atoms with Gasteiger partial charge in [-0.1, -0.05) is 11.6 Å². The minimum Gasteiger partial charge on any atom is -0.460 e. The molecule has 1 aromatic carbocycles. The second-order valence-electron chi connectivity index (χ2n) is 2.64. The average molecular weight is 185 g/mol. The lowest BCUT2D eigenvalue weighted by molar-refractivity contribution is 0.571. The first-order valence-electron chi connectivity index (χ1n) is 3.52. The van der Waals surface area contributed by atoms with Crippen molar-refractivity contribution in [1.29, 1.82) is 0 Å². The molecule has 0 radical (unpaired) electrons. The second-order valence-corrected chi connectivity index (χ2v) is 3.01. The van der Waals surface area contributed by atoms with Gasteiger partial charge in [0.1, 0.15) is 16.6 Å². The maximum absolute atomic E-state index is 12.9. The molecule has 2 aromatic rings. The molecule has 0 aliphatic heterocycles. The molecule has 0 aliphatic rings. The Morgan fingerprint density at radius 2 is 2.17 bits per heavy atom. The van der Waals surface area contributed by atoms with Crippen LogP contribution < -0.4 is 0 Å². The van der Waals surface area contributed by atoms with Gasteiger partial charge in [0.2, 0.25) is 0 Å². The van der Waals surface area contributed by atoms with Crippen LogP contribution in [0.3, 0.4) is 0 Å². The zero-order valence-electron chi connectivity index (χ0n) is 6.40. The Labute approximate surface area is 73.7 Å². The third-order valence-corrected chi connectivity index (χ3v) is 2.05. The Morgan fingerprint density at radius 1 is 1.42 bits per heavy atom. The van der Waals surface area contributed by atoms with Gasteiger partial charge in [-0.3, -0.25) is 0 Å². The van der Waals surface area contributed by atoms with E-state index in [1.54, 1.807) is 13.0 Å². The van der Waals surface area contributed by atoms with Crippen molar-refractivity contribution in [2.75, 3.05) is 0 Å². The number of fused-ring (bicyclic) bond motifs is 1. The minimum atomic E-state index is -0.446. The van der Waals surface area contributed by atoms with Crippen LogP contribution in [0.4, 0.5) is 4.39 Å². The fraction of sp³-hybridized carbons (Fsp3) is 0.111. The quantitative estimate of drug-likeness (QED) is 0.611. The van der Waals surface area contributed by atoms with Crippen LogP contribution >= 0.6 is 11.6 Å². The Morgan fingerprint density at radius 3 is 2.92 bits per heavy atom. The van der Waals surface area contributed by atoms with E-state index in [-0.39, 0.29) is 5.02 Å². The van der Waals surface area contributed by atoms with Gasteiger partial charge in [0, 0.05) is 5.39 Å². The summed E-state index contributed by atoms with van der Waals surface area (Å²) in [6, 6.07) is 4.80. The summed E-state index contributed by atoms with van der Waals surface area (Å²) in [5.41, 5.74) is 0.425. The lowest BCUT2D eigenvalue weighted by Gasteiger charge is -1.92. The van der Waals surface area contributed by atoms with E-state index in [9.17, 15) is 4.39 Å². The van der Waals surface area contributed by atoms with Crippen molar-refractivity contribution in [3.05, 3.63) is 34.8 Å².